The van der Waals surface area contributed by atoms with Crippen LogP contribution in [0.3, 0.4) is 0 Å². The van der Waals surface area contributed by atoms with E-state index in [1.54, 1.807) is 18.2 Å². The zero-order chi connectivity index (χ0) is 21.8. The number of esters is 1. The molecule has 162 valence electrons. The van der Waals surface area contributed by atoms with Crippen LogP contribution in [0.1, 0.15) is 37.7 Å². The van der Waals surface area contributed by atoms with Crippen molar-refractivity contribution in [1.29, 1.82) is 0 Å². The second-order valence-corrected chi connectivity index (χ2v) is 6.72. The molecule has 1 aromatic rings. The summed E-state index contributed by atoms with van der Waals surface area (Å²) in [7, 11) is 3.05. The standard InChI is InChI=1S/C22H28N2O6/c1-28-18-10-8-17(14-19(18)29-2)9-11-21(26)30-15-20(25)24-22(27)23-13-12-16-6-4-3-5-7-16/h6,8-11,14H,3-5,7,12-13,15H2,1-2H3,(H2,23,24,25,27)/b11-9+. The Bertz CT molecular complexity index is 816. The molecule has 0 radical (unpaired) electrons. The Labute approximate surface area is 176 Å². The minimum Gasteiger partial charge on any atom is -0.493 e. The van der Waals surface area contributed by atoms with Gasteiger partial charge in [0.05, 0.1) is 14.2 Å². The van der Waals surface area contributed by atoms with Gasteiger partial charge in [0.1, 0.15) is 0 Å². The number of urea groups is 1. The molecule has 2 rings (SSSR count). The average Bonchev–Trinajstić information content (AvgIpc) is 2.76. The summed E-state index contributed by atoms with van der Waals surface area (Å²) in [5.41, 5.74) is 2.03. The minimum atomic E-state index is -0.704. The van der Waals surface area contributed by atoms with Crippen molar-refractivity contribution in [3.8, 4) is 11.5 Å². The van der Waals surface area contributed by atoms with Gasteiger partial charge in [-0.15, -0.1) is 0 Å². The molecule has 0 aromatic heterocycles. The summed E-state index contributed by atoms with van der Waals surface area (Å²) in [5.74, 6) is -0.303. The van der Waals surface area contributed by atoms with E-state index in [4.69, 9.17) is 14.2 Å². The second kappa shape index (κ2) is 12.3. The summed E-state index contributed by atoms with van der Waals surface area (Å²) in [6, 6.07) is 4.54. The maximum atomic E-state index is 11.8. The van der Waals surface area contributed by atoms with Crippen molar-refractivity contribution < 1.29 is 28.6 Å². The molecule has 0 saturated carbocycles. The zero-order valence-electron chi connectivity index (χ0n) is 17.4. The monoisotopic (exact) mass is 416 g/mol. The predicted molar refractivity (Wildman–Crippen MR) is 112 cm³/mol. The number of hydrogen-bond acceptors (Lipinski definition) is 6. The molecule has 0 saturated heterocycles. The zero-order valence-corrected chi connectivity index (χ0v) is 17.4. The highest BCUT2D eigenvalue weighted by Gasteiger charge is 2.10. The van der Waals surface area contributed by atoms with Crippen molar-refractivity contribution in [3.05, 3.63) is 41.5 Å². The number of imide groups is 1. The smallest absolute Gasteiger partial charge is 0.331 e. The molecule has 0 atom stereocenters. The van der Waals surface area contributed by atoms with Crippen molar-refractivity contribution in [1.82, 2.24) is 10.6 Å². The molecular formula is C22H28N2O6. The number of ether oxygens (including phenoxy) is 3. The van der Waals surface area contributed by atoms with Crippen LogP contribution in [0.5, 0.6) is 11.5 Å². The summed E-state index contributed by atoms with van der Waals surface area (Å²) in [6.45, 7) is -0.0908. The van der Waals surface area contributed by atoms with Gasteiger partial charge in [-0.3, -0.25) is 10.1 Å². The van der Waals surface area contributed by atoms with Gasteiger partial charge in [-0.25, -0.2) is 9.59 Å². The van der Waals surface area contributed by atoms with Crippen molar-refractivity contribution in [3.63, 3.8) is 0 Å². The number of nitrogens with one attached hydrogen (secondary N) is 2. The summed E-state index contributed by atoms with van der Waals surface area (Å²) in [6.07, 6.45) is 10.2. The van der Waals surface area contributed by atoms with Gasteiger partial charge in [-0.2, -0.15) is 0 Å². The molecule has 8 heteroatoms. The first kappa shape index (κ1) is 23.0. The van der Waals surface area contributed by atoms with Crippen molar-refractivity contribution in [2.24, 2.45) is 0 Å². The Morgan fingerprint density at radius 1 is 1.10 bits per heavy atom. The SMILES string of the molecule is COc1ccc(/C=C/C(=O)OCC(=O)NC(=O)NCCC2=CCCCC2)cc1OC. The molecule has 0 spiro atoms. The highest BCUT2D eigenvalue weighted by molar-refractivity contribution is 5.96. The first-order valence-corrected chi connectivity index (χ1v) is 9.84. The maximum absolute atomic E-state index is 11.8. The quantitative estimate of drug-likeness (QED) is 0.364. The third kappa shape index (κ3) is 7.98. The number of benzene rings is 1. The Kier molecular flexibility index (Phi) is 9.44. The summed E-state index contributed by atoms with van der Waals surface area (Å²) in [5, 5.41) is 4.76. The van der Waals surface area contributed by atoms with E-state index in [0.29, 0.717) is 23.6 Å². The first-order valence-electron chi connectivity index (χ1n) is 9.84. The van der Waals surface area contributed by atoms with E-state index in [-0.39, 0.29) is 0 Å². The molecule has 0 fully saturated rings. The van der Waals surface area contributed by atoms with Crippen LogP contribution in [0, 0.1) is 0 Å². The normalized spacial score (nSPS) is 13.3. The Morgan fingerprint density at radius 2 is 1.90 bits per heavy atom. The molecule has 0 unspecified atom stereocenters. The topological polar surface area (TPSA) is 103 Å². The highest BCUT2D eigenvalue weighted by atomic mass is 16.5. The van der Waals surface area contributed by atoms with Crippen LogP contribution >= 0.6 is 0 Å². The minimum absolute atomic E-state index is 0.457. The fourth-order valence-corrected chi connectivity index (χ4v) is 2.98. The molecule has 0 bridgehead atoms. The van der Waals surface area contributed by atoms with E-state index in [2.05, 4.69) is 16.7 Å². The van der Waals surface area contributed by atoms with Crippen LogP contribution in [0.25, 0.3) is 6.08 Å². The second-order valence-electron chi connectivity index (χ2n) is 6.72. The lowest BCUT2D eigenvalue weighted by molar-refractivity contribution is -0.143. The molecule has 1 aliphatic rings. The van der Waals surface area contributed by atoms with E-state index < -0.39 is 24.5 Å². The van der Waals surface area contributed by atoms with Crippen molar-refractivity contribution in [2.45, 2.75) is 32.1 Å². The number of allylic oxidation sites excluding steroid dienone is 1. The number of rotatable bonds is 9. The van der Waals surface area contributed by atoms with Crippen LogP contribution in [0.15, 0.2) is 35.9 Å². The first-order chi connectivity index (χ1) is 14.5. The van der Waals surface area contributed by atoms with Gasteiger partial charge in [0.25, 0.3) is 5.91 Å². The van der Waals surface area contributed by atoms with Gasteiger partial charge in [0.15, 0.2) is 18.1 Å². The fourth-order valence-electron chi connectivity index (χ4n) is 2.98. The third-order valence-corrected chi connectivity index (χ3v) is 4.53. The molecule has 30 heavy (non-hydrogen) atoms. The van der Waals surface area contributed by atoms with Crippen molar-refractivity contribution in [2.75, 3.05) is 27.4 Å². The van der Waals surface area contributed by atoms with Crippen LogP contribution < -0.4 is 20.1 Å². The third-order valence-electron chi connectivity index (χ3n) is 4.53. The van der Waals surface area contributed by atoms with E-state index >= 15 is 0 Å². The lowest BCUT2D eigenvalue weighted by Crippen LogP contribution is -2.41. The fraction of sp³-hybridized carbons (Fsp3) is 0.409. The molecule has 2 N–H and O–H groups in total. The lowest BCUT2D eigenvalue weighted by atomic mass is 9.97. The molecule has 0 heterocycles. The largest absolute Gasteiger partial charge is 0.493 e. The Hall–Kier alpha value is -3.29. The van der Waals surface area contributed by atoms with Crippen molar-refractivity contribution >= 4 is 24.0 Å². The van der Waals surface area contributed by atoms with Crippen LogP contribution in [0.4, 0.5) is 4.79 Å². The van der Waals surface area contributed by atoms with Gasteiger partial charge in [0.2, 0.25) is 0 Å². The van der Waals surface area contributed by atoms with Gasteiger partial charge >= 0.3 is 12.0 Å². The number of amides is 3. The summed E-state index contributed by atoms with van der Waals surface area (Å²) < 4.78 is 15.2. The number of carbonyl (C=O) groups is 3. The summed E-state index contributed by atoms with van der Waals surface area (Å²) in [4.78, 5) is 35.2. The van der Waals surface area contributed by atoms with E-state index in [9.17, 15) is 14.4 Å². The van der Waals surface area contributed by atoms with Gasteiger partial charge < -0.3 is 19.5 Å². The van der Waals surface area contributed by atoms with Crippen LogP contribution in [-0.2, 0) is 14.3 Å². The molecule has 1 aliphatic carbocycles. The average molecular weight is 416 g/mol. The molecular weight excluding hydrogens is 388 g/mol. The maximum Gasteiger partial charge on any atom is 0.331 e. The molecule has 1 aromatic carbocycles. The Balaban J connectivity index is 1.68. The number of methoxy groups -OCH3 is 2. The molecule has 0 aliphatic heterocycles. The highest BCUT2D eigenvalue weighted by Crippen LogP contribution is 2.27. The van der Waals surface area contributed by atoms with Gasteiger partial charge in [0, 0.05) is 12.6 Å². The predicted octanol–water partition coefficient (Wildman–Crippen LogP) is 2.98. The number of carbonyl (C=O) groups excluding carboxylic acids is 3. The van der Waals surface area contributed by atoms with E-state index in [1.165, 1.54) is 44.8 Å². The van der Waals surface area contributed by atoms with E-state index in [0.717, 1.165) is 19.3 Å². The van der Waals surface area contributed by atoms with Crippen LogP contribution in [-0.4, -0.2) is 45.3 Å². The lowest BCUT2D eigenvalue weighted by Gasteiger charge is -2.13. The van der Waals surface area contributed by atoms with E-state index in [1.807, 2.05) is 0 Å². The van der Waals surface area contributed by atoms with Gasteiger partial charge in [-0.1, -0.05) is 17.7 Å². The summed E-state index contributed by atoms with van der Waals surface area (Å²) >= 11 is 0. The number of hydrogen-bond donors (Lipinski definition) is 2. The molecule has 3 amide bonds. The Morgan fingerprint density at radius 3 is 2.60 bits per heavy atom. The van der Waals surface area contributed by atoms with Crippen LogP contribution in [0.2, 0.25) is 0 Å². The van der Waals surface area contributed by atoms with Gasteiger partial charge in [-0.05, 0) is 55.9 Å². The molecule has 8 nitrogen and oxygen atoms in total.